The number of aromatic nitrogens is 2. The molecule has 0 radical (unpaired) electrons. The predicted octanol–water partition coefficient (Wildman–Crippen LogP) is 3.60. The van der Waals surface area contributed by atoms with Crippen molar-refractivity contribution in [3.8, 4) is 0 Å². The maximum atomic E-state index is 12.8. The van der Waals surface area contributed by atoms with Crippen LogP contribution in [-0.2, 0) is 6.54 Å². The summed E-state index contributed by atoms with van der Waals surface area (Å²) in [5.74, 6) is 0.494. The van der Waals surface area contributed by atoms with Crippen LogP contribution in [0.25, 0.3) is 10.2 Å². The Morgan fingerprint density at radius 1 is 1.37 bits per heavy atom. The Morgan fingerprint density at radius 2 is 2.15 bits per heavy atom. The van der Waals surface area contributed by atoms with Gasteiger partial charge in [0.1, 0.15) is 4.83 Å². The number of amides is 1. The summed E-state index contributed by atoms with van der Waals surface area (Å²) in [6.45, 7) is 6.84. The Hall–Kier alpha value is -1.89. The fourth-order valence-corrected chi connectivity index (χ4v) is 4.62. The highest BCUT2D eigenvalue weighted by molar-refractivity contribution is 7.20. The summed E-state index contributed by atoms with van der Waals surface area (Å²) < 4.78 is 2.01. The topological polar surface area (TPSA) is 59.0 Å². The molecule has 144 valence electrons. The van der Waals surface area contributed by atoms with Crippen molar-refractivity contribution >= 4 is 39.9 Å². The van der Waals surface area contributed by atoms with Crippen molar-refractivity contribution in [2.45, 2.75) is 32.9 Å². The fraction of sp³-hybridized carbons (Fsp3) is 0.400. The van der Waals surface area contributed by atoms with Crippen molar-refractivity contribution in [3.63, 3.8) is 0 Å². The first-order valence-electron chi connectivity index (χ1n) is 9.14. The summed E-state index contributed by atoms with van der Waals surface area (Å²) in [5, 5.41) is 12.3. The van der Waals surface area contributed by atoms with E-state index in [4.69, 9.17) is 0 Å². The molecule has 0 spiro atoms. The van der Waals surface area contributed by atoms with Crippen LogP contribution in [-0.4, -0.2) is 34.8 Å². The number of benzene rings is 1. The van der Waals surface area contributed by atoms with Crippen LogP contribution in [0.2, 0.25) is 0 Å². The molecule has 1 saturated heterocycles. The average molecular weight is 405 g/mol. The summed E-state index contributed by atoms with van der Waals surface area (Å²) in [6, 6.07) is 12.5. The molecule has 2 N–H and O–H groups in total. The Balaban J connectivity index is 0.00000210. The van der Waals surface area contributed by atoms with E-state index in [1.54, 1.807) is 0 Å². The number of halogens is 1. The molecule has 3 aromatic rings. The van der Waals surface area contributed by atoms with Gasteiger partial charge < -0.3 is 10.6 Å². The van der Waals surface area contributed by atoms with Crippen molar-refractivity contribution in [2.75, 3.05) is 13.1 Å². The van der Waals surface area contributed by atoms with E-state index in [0.717, 1.165) is 46.8 Å². The molecule has 0 bridgehead atoms. The van der Waals surface area contributed by atoms with E-state index in [1.165, 1.54) is 16.9 Å². The molecular formula is C20H25ClN4OS. The van der Waals surface area contributed by atoms with Gasteiger partial charge in [-0.25, -0.2) is 0 Å². The molecule has 7 heteroatoms. The molecule has 4 rings (SSSR count). The molecular weight excluding hydrogens is 380 g/mol. The Kier molecular flexibility index (Phi) is 6.19. The van der Waals surface area contributed by atoms with Gasteiger partial charge in [0.15, 0.2) is 0 Å². The van der Waals surface area contributed by atoms with Gasteiger partial charge in [0.2, 0.25) is 0 Å². The molecule has 3 heterocycles. The SMILES string of the molecule is Cc1nn(Cc2ccccc2)c2sc(C(=O)NC3CCNCC3C)cc12.Cl. The van der Waals surface area contributed by atoms with E-state index < -0.39 is 0 Å². The van der Waals surface area contributed by atoms with E-state index in [1.807, 2.05) is 35.9 Å². The van der Waals surface area contributed by atoms with Crippen LogP contribution in [0.4, 0.5) is 0 Å². The maximum absolute atomic E-state index is 12.8. The van der Waals surface area contributed by atoms with Crippen LogP contribution in [0.3, 0.4) is 0 Å². The number of piperidine rings is 1. The van der Waals surface area contributed by atoms with Crippen molar-refractivity contribution < 1.29 is 4.79 Å². The number of hydrogen-bond donors (Lipinski definition) is 2. The van der Waals surface area contributed by atoms with Crippen LogP contribution in [0.15, 0.2) is 36.4 Å². The molecule has 1 aromatic carbocycles. The number of fused-ring (bicyclic) bond motifs is 1. The molecule has 1 aliphatic heterocycles. The van der Waals surface area contributed by atoms with Gasteiger partial charge in [0, 0.05) is 11.4 Å². The smallest absolute Gasteiger partial charge is 0.261 e. The minimum Gasteiger partial charge on any atom is -0.348 e. The molecule has 1 amide bonds. The van der Waals surface area contributed by atoms with Gasteiger partial charge in [-0.2, -0.15) is 5.10 Å². The third kappa shape index (κ3) is 4.18. The third-order valence-electron chi connectivity index (χ3n) is 5.11. The molecule has 0 aliphatic carbocycles. The van der Waals surface area contributed by atoms with Crippen molar-refractivity contribution in [3.05, 3.63) is 52.5 Å². The third-order valence-corrected chi connectivity index (χ3v) is 6.26. The number of nitrogens with one attached hydrogen (secondary N) is 2. The van der Waals surface area contributed by atoms with Gasteiger partial charge >= 0.3 is 0 Å². The first-order chi connectivity index (χ1) is 12.6. The molecule has 2 atom stereocenters. The minimum atomic E-state index is 0. The number of carbonyl (C=O) groups is 1. The van der Waals surface area contributed by atoms with E-state index in [-0.39, 0.29) is 24.4 Å². The number of aryl methyl sites for hydroxylation is 1. The van der Waals surface area contributed by atoms with Crippen LogP contribution in [0, 0.1) is 12.8 Å². The lowest BCUT2D eigenvalue weighted by molar-refractivity contribution is 0.0918. The first kappa shape index (κ1) is 19.9. The summed E-state index contributed by atoms with van der Waals surface area (Å²) in [4.78, 5) is 14.6. The number of carbonyl (C=O) groups excluding carboxylic acids is 1. The molecule has 2 aromatic heterocycles. The quantitative estimate of drug-likeness (QED) is 0.698. The average Bonchev–Trinajstić information content (AvgIpc) is 3.20. The van der Waals surface area contributed by atoms with Crippen LogP contribution >= 0.6 is 23.7 Å². The lowest BCUT2D eigenvalue weighted by Gasteiger charge is -2.30. The van der Waals surface area contributed by atoms with Crippen LogP contribution in [0.5, 0.6) is 0 Å². The van der Waals surface area contributed by atoms with Gasteiger partial charge in [-0.15, -0.1) is 23.7 Å². The van der Waals surface area contributed by atoms with Gasteiger partial charge in [0.25, 0.3) is 5.91 Å². The molecule has 0 saturated carbocycles. The van der Waals surface area contributed by atoms with Crippen molar-refractivity contribution in [1.82, 2.24) is 20.4 Å². The van der Waals surface area contributed by atoms with Gasteiger partial charge in [0.05, 0.1) is 17.1 Å². The molecule has 1 aliphatic rings. The number of hydrogen-bond acceptors (Lipinski definition) is 4. The standard InChI is InChI=1S/C20H24N4OS.ClH/c1-13-11-21-9-8-17(13)22-19(25)18-10-16-14(2)23-24(20(16)26-18)12-15-6-4-3-5-7-15;/h3-7,10,13,17,21H,8-9,11-12H2,1-2H3,(H,22,25);1H. The number of nitrogens with zero attached hydrogens (tertiary/aromatic N) is 2. The highest BCUT2D eigenvalue weighted by Crippen LogP contribution is 2.29. The summed E-state index contributed by atoms with van der Waals surface area (Å²) in [5.41, 5.74) is 2.18. The van der Waals surface area contributed by atoms with Crippen molar-refractivity contribution in [2.24, 2.45) is 5.92 Å². The lowest BCUT2D eigenvalue weighted by Crippen LogP contribution is -2.48. The summed E-state index contributed by atoms with van der Waals surface area (Å²) >= 11 is 1.53. The zero-order valence-electron chi connectivity index (χ0n) is 15.6. The monoisotopic (exact) mass is 404 g/mol. The second kappa shape index (κ2) is 8.42. The number of thiophene rings is 1. The highest BCUT2D eigenvalue weighted by Gasteiger charge is 2.24. The minimum absolute atomic E-state index is 0. The second-order valence-corrected chi connectivity index (χ2v) is 8.14. The number of rotatable bonds is 4. The Morgan fingerprint density at radius 3 is 2.89 bits per heavy atom. The Labute approximate surface area is 169 Å². The van der Waals surface area contributed by atoms with Crippen LogP contribution in [0.1, 0.15) is 34.3 Å². The fourth-order valence-electron chi connectivity index (χ4n) is 3.56. The summed E-state index contributed by atoms with van der Waals surface area (Å²) in [6.07, 6.45) is 0.985. The molecule has 27 heavy (non-hydrogen) atoms. The predicted molar refractivity (Wildman–Crippen MR) is 113 cm³/mol. The zero-order chi connectivity index (χ0) is 18.1. The van der Waals surface area contributed by atoms with E-state index >= 15 is 0 Å². The van der Waals surface area contributed by atoms with E-state index in [2.05, 4.69) is 34.8 Å². The molecule has 2 unspecified atom stereocenters. The highest BCUT2D eigenvalue weighted by atomic mass is 35.5. The zero-order valence-corrected chi connectivity index (χ0v) is 17.2. The first-order valence-corrected chi connectivity index (χ1v) is 9.96. The summed E-state index contributed by atoms with van der Waals surface area (Å²) in [7, 11) is 0. The van der Waals surface area contributed by atoms with Gasteiger partial charge in [-0.05, 0) is 44.0 Å². The van der Waals surface area contributed by atoms with Gasteiger partial charge in [-0.1, -0.05) is 37.3 Å². The lowest BCUT2D eigenvalue weighted by atomic mass is 9.95. The van der Waals surface area contributed by atoms with E-state index in [9.17, 15) is 4.79 Å². The normalized spacial score (nSPS) is 19.6. The van der Waals surface area contributed by atoms with Crippen LogP contribution < -0.4 is 10.6 Å². The molecule has 5 nitrogen and oxygen atoms in total. The second-order valence-electron chi connectivity index (χ2n) is 7.11. The van der Waals surface area contributed by atoms with Crippen molar-refractivity contribution in [1.29, 1.82) is 0 Å². The maximum Gasteiger partial charge on any atom is 0.261 e. The van der Waals surface area contributed by atoms with E-state index in [0.29, 0.717) is 5.92 Å². The Bertz CT molecular complexity index is 921. The van der Waals surface area contributed by atoms with Gasteiger partial charge in [-0.3, -0.25) is 9.48 Å². The molecule has 1 fully saturated rings. The largest absolute Gasteiger partial charge is 0.348 e.